The van der Waals surface area contributed by atoms with E-state index in [4.69, 9.17) is 11.1 Å². The highest BCUT2D eigenvalue weighted by molar-refractivity contribution is 8.01. The Morgan fingerprint density at radius 1 is 1.35 bits per heavy atom. The van der Waals surface area contributed by atoms with Crippen LogP contribution in [0.4, 0.5) is 0 Å². The number of thiazole rings is 1. The van der Waals surface area contributed by atoms with Crippen LogP contribution in [0.5, 0.6) is 0 Å². The van der Waals surface area contributed by atoms with Gasteiger partial charge in [-0.2, -0.15) is 0 Å². The topological polar surface area (TPSA) is 62.8 Å². The summed E-state index contributed by atoms with van der Waals surface area (Å²) in [4.78, 5) is 4.61. The molecule has 3 nitrogen and oxygen atoms in total. The van der Waals surface area contributed by atoms with E-state index in [9.17, 15) is 0 Å². The van der Waals surface area contributed by atoms with E-state index in [0.29, 0.717) is 0 Å². The highest BCUT2D eigenvalue weighted by atomic mass is 32.2. The molecule has 0 unspecified atom stereocenters. The van der Waals surface area contributed by atoms with Crippen molar-refractivity contribution in [3.8, 4) is 0 Å². The van der Waals surface area contributed by atoms with Crippen LogP contribution in [0.25, 0.3) is 10.2 Å². The molecule has 2 aromatic rings. The number of amidine groups is 1. The van der Waals surface area contributed by atoms with Crippen LogP contribution in [0.1, 0.15) is 33.1 Å². The van der Waals surface area contributed by atoms with Gasteiger partial charge in [0.05, 0.1) is 16.1 Å². The molecule has 0 fully saturated rings. The predicted molar refractivity (Wildman–Crippen MR) is 89.9 cm³/mol. The van der Waals surface area contributed by atoms with Crippen molar-refractivity contribution < 1.29 is 0 Å². The summed E-state index contributed by atoms with van der Waals surface area (Å²) in [6.45, 7) is 4.08. The van der Waals surface area contributed by atoms with Gasteiger partial charge in [0.1, 0.15) is 0 Å². The number of nitrogens with one attached hydrogen (secondary N) is 1. The number of benzene rings is 1. The molecular weight excluding hydrogens is 286 g/mol. The first kappa shape index (κ1) is 15.3. The zero-order valence-corrected chi connectivity index (χ0v) is 13.6. The molecule has 20 heavy (non-hydrogen) atoms. The second-order valence-corrected chi connectivity index (χ2v) is 7.92. The number of nitrogens with two attached hydrogens (primary N) is 1. The van der Waals surface area contributed by atoms with Crippen LogP contribution in [0.3, 0.4) is 0 Å². The number of para-hydroxylation sites is 1. The van der Waals surface area contributed by atoms with Crippen molar-refractivity contribution in [2.45, 2.75) is 37.4 Å². The summed E-state index contributed by atoms with van der Waals surface area (Å²) < 4.78 is 2.41. The lowest BCUT2D eigenvalue weighted by Gasteiger charge is -2.22. The molecule has 108 valence electrons. The van der Waals surface area contributed by atoms with E-state index in [-0.39, 0.29) is 11.3 Å². The molecule has 2 rings (SSSR count). The van der Waals surface area contributed by atoms with E-state index >= 15 is 0 Å². The van der Waals surface area contributed by atoms with E-state index in [1.54, 1.807) is 11.3 Å². The summed E-state index contributed by atoms with van der Waals surface area (Å²) in [5, 5.41) is 7.54. The van der Waals surface area contributed by atoms with Crippen LogP contribution in [-0.4, -0.2) is 16.6 Å². The van der Waals surface area contributed by atoms with Crippen molar-refractivity contribution in [1.29, 1.82) is 5.41 Å². The molecular formula is C15H21N3S2. The highest BCUT2D eigenvalue weighted by Gasteiger charge is 2.20. The smallest absolute Gasteiger partial charge is 0.151 e. The second-order valence-electron chi connectivity index (χ2n) is 5.55. The minimum Gasteiger partial charge on any atom is -0.387 e. The fourth-order valence-electron chi connectivity index (χ4n) is 1.88. The maximum Gasteiger partial charge on any atom is 0.151 e. The summed E-state index contributed by atoms with van der Waals surface area (Å²) in [5.41, 5.74) is 6.52. The minimum absolute atomic E-state index is 0.166. The Kier molecular flexibility index (Phi) is 5.05. The third kappa shape index (κ3) is 3.96. The molecule has 0 spiro atoms. The molecule has 1 aromatic heterocycles. The lowest BCUT2D eigenvalue weighted by atomic mass is 9.86. The van der Waals surface area contributed by atoms with Crippen molar-refractivity contribution >= 4 is 39.2 Å². The summed E-state index contributed by atoms with van der Waals surface area (Å²) in [7, 11) is 0. The predicted octanol–water partition coefficient (Wildman–Crippen LogP) is 4.52. The maximum atomic E-state index is 7.54. The molecule has 0 saturated heterocycles. The van der Waals surface area contributed by atoms with Crippen LogP contribution >= 0.6 is 23.1 Å². The van der Waals surface area contributed by atoms with Gasteiger partial charge in [-0.15, -0.1) is 11.3 Å². The van der Waals surface area contributed by atoms with Gasteiger partial charge in [0.25, 0.3) is 0 Å². The molecule has 0 bridgehead atoms. The molecule has 0 amide bonds. The average molecular weight is 307 g/mol. The van der Waals surface area contributed by atoms with Crippen LogP contribution < -0.4 is 5.73 Å². The molecule has 0 aliphatic heterocycles. The molecule has 0 aliphatic rings. The zero-order valence-electron chi connectivity index (χ0n) is 12.0. The van der Waals surface area contributed by atoms with Crippen LogP contribution in [-0.2, 0) is 0 Å². The third-order valence-electron chi connectivity index (χ3n) is 3.43. The number of aromatic nitrogens is 1. The number of thioether (sulfide) groups is 1. The maximum absolute atomic E-state index is 7.54. The van der Waals surface area contributed by atoms with E-state index in [2.05, 4.69) is 23.2 Å². The normalized spacial score (nSPS) is 11.9. The van der Waals surface area contributed by atoms with E-state index < -0.39 is 0 Å². The van der Waals surface area contributed by atoms with Gasteiger partial charge < -0.3 is 5.73 Å². The summed E-state index contributed by atoms with van der Waals surface area (Å²) in [6.07, 6.45) is 3.21. The van der Waals surface area contributed by atoms with Crippen molar-refractivity contribution in [3.63, 3.8) is 0 Å². The minimum atomic E-state index is -0.166. The monoisotopic (exact) mass is 307 g/mol. The Labute approximate surface area is 128 Å². The number of hydrogen-bond donors (Lipinski definition) is 2. The first-order valence-electron chi connectivity index (χ1n) is 6.82. The first-order valence-corrected chi connectivity index (χ1v) is 8.62. The van der Waals surface area contributed by atoms with Gasteiger partial charge in [-0.3, -0.25) is 5.41 Å². The lowest BCUT2D eigenvalue weighted by molar-refractivity contribution is 0.448. The molecule has 3 N–H and O–H groups in total. The van der Waals surface area contributed by atoms with Gasteiger partial charge in [0, 0.05) is 11.2 Å². The quantitative estimate of drug-likeness (QED) is 0.342. The number of nitrogens with zero attached hydrogens (tertiary/aromatic N) is 1. The van der Waals surface area contributed by atoms with Crippen LogP contribution in [0.2, 0.25) is 0 Å². The largest absolute Gasteiger partial charge is 0.387 e. The van der Waals surface area contributed by atoms with Crippen molar-refractivity contribution in [1.82, 2.24) is 4.98 Å². The van der Waals surface area contributed by atoms with Gasteiger partial charge in [-0.25, -0.2) is 4.98 Å². The SMILES string of the molecule is CC(C)(CCCCSc1nc2ccccc2s1)C(=N)N. The van der Waals surface area contributed by atoms with Gasteiger partial charge >= 0.3 is 0 Å². The van der Waals surface area contributed by atoms with Crippen LogP contribution in [0, 0.1) is 10.8 Å². The fraction of sp³-hybridized carbons (Fsp3) is 0.467. The Hall–Kier alpha value is -1.07. The lowest BCUT2D eigenvalue weighted by Crippen LogP contribution is -2.30. The summed E-state index contributed by atoms with van der Waals surface area (Å²) in [6, 6.07) is 8.26. The van der Waals surface area contributed by atoms with Gasteiger partial charge in [0.15, 0.2) is 4.34 Å². The first-order chi connectivity index (χ1) is 9.49. The molecule has 1 aromatic carbocycles. The van der Waals surface area contributed by atoms with E-state index in [0.717, 1.165) is 34.9 Å². The molecule has 0 radical (unpaired) electrons. The number of hydrogen-bond acceptors (Lipinski definition) is 4. The van der Waals surface area contributed by atoms with Crippen molar-refractivity contribution in [2.75, 3.05) is 5.75 Å². The van der Waals surface area contributed by atoms with E-state index in [1.807, 2.05) is 31.7 Å². The van der Waals surface area contributed by atoms with E-state index in [1.165, 1.54) is 4.70 Å². The second kappa shape index (κ2) is 6.59. The summed E-state index contributed by atoms with van der Waals surface area (Å²) in [5.74, 6) is 1.37. The number of fused-ring (bicyclic) bond motifs is 1. The average Bonchev–Trinajstić information content (AvgIpc) is 2.80. The Morgan fingerprint density at radius 3 is 2.80 bits per heavy atom. The summed E-state index contributed by atoms with van der Waals surface area (Å²) >= 11 is 3.59. The molecule has 0 saturated carbocycles. The van der Waals surface area contributed by atoms with Gasteiger partial charge in [-0.1, -0.05) is 44.2 Å². The number of unbranched alkanes of at least 4 members (excludes halogenated alkanes) is 1. The fourth-order valence-corrected chi connectivity index (χ4v) is 4.01. The third-order valence-corrected chi connectivity index (χ3v) is 5.69. The van der Waals surface area contributed by atoms with Gasteiger partial charge in [0.2, 0.25) is 0 Å². The molecule has 0 atom stereocenters. The van der Waals surface area contributed by atoms with Crippen LogP contribution in [0.15, 0.2) is 28.6 Å². The standard InChI is InChI=1S/C15H21N3S2/c1-15(2,13(16)17)9-5-6-10-19-14-18-11-7-3-4-8-12(11)20-14/h3-4,7-8H,5-6,9-10H2,1-2H3,(H3,16,17). The number of rotatable bonds is 7. The molecule has 1 heterocycles. The highest BCUT2D eigenvalue weighted by Crippen LogP contribution is 2.30. The van der Waals surface area contributed by atoms with Gasteiger partial charge in [-0.05, 0) is 25.0 Å². The Balaban J connectivity index is 1.75. The van der Waals surface area contributed by atoms with Crippen molar-refractivity contribution in [3.05, 3.63) is 24.3 Å². The zero-order chi connectivity index (χ0) is 14.6. The van der Waals surface area contributed by atoms with Crippen molar-refractivity contribution in [2.24, 2.45) is 11.1 Å². The molecule has 0 aliphatic carbocycles. The Morgan fingerprint density at radius 2 is 2.10 bits per heavy atom. The Bertz CT molecular complexity index is 557. The molecule has 5 heteroatoms.